The van der Waals surface area contributed by atoms with Crippen molar-refractivity contribution in [2.24, 2.45) is 11.8 Å². The van der Waals surface area contributed by atoms with Crippen molar-refractivity contribution in [3.05, 3.63) is 0 Å². The fourth-order valence-electron chi connectivity index (χ4n) is 2.54. The van der Waals surface area contributed by atoms with Gasteiger partial charge in [-0.3, -0.25) is 0 Å². The lowest BCUT2D eigenvalue weighted by Crippen LogP contribution is -2.42. The molecule has 0 amide bonds. The summed E-state index contributed by atoms with van der Waals surface area (Å²) in [5.41, 5.74) is 0. The van der Waals surface area contributed by atoms with Gasteiger partial charge in [-0.15, -0.1) is 0 Å². The molecule has 0 saturated heterocycles. The molecular weight excluding hydrogens is 162 g/mol. The number of aliphatic hydroxyl groups excluding tert-OH is 1. The third kappa shape index (κ3) is 3.65. The van der Waals surface area contributed by atoms with E-state index in [1.807, 2.05) is 6.92 Å². The second kappa shape index (κ2) is 4.97. The predicted octanol–water partition coefficient (Wildman–Crippen LogP) is 1.78. The highest BCUT2D eigenvalue weighted by Crippen LogP contribution is 2.28. The predicted molar refractivity (Wildman–Crippen MR) is 55.7 cm³/mol. The van der Waals surface area contributed by atoms with E-state index in [2.05, 4.69) is 19.2 Å². The quantitative estimate of drug-likeness (QED) is 0.702. The fraction of sp³-hybridized carbons (Fsp3) is 1.00. The summed E-state index contributed by atoms with van der Waals surface area (Å²) in [5.74, 6) is 1.68. The van der Waals surface area contributed by atoms with Crippen LogP contribution in [0.2, 0.25) is 0 Å². The normalized spacial score (nSPS) is 37.4. The third-order valence-electron chi connectivity index (χ3n) is 2.97. The van der Waals surface area contributed by atoms with Crippen LogP contribution in [0.1, 0.15) is 40.0 Å². The van der Waals surface area contributed by atoms with Crippen molar-refractivity contribution in [1.82, 2.24) is 5.32 Å². The van der Waals surface area contributed by atoms with Gasteiger partial charge in [-0.1, -0.05) is 13.8 Å². The molecule has 1 unspecified atom stereocenters. The van der Waals surface area contributed by atoms with E-state index in [-0.39, 0.29) is 12.6 Å². The molecule has 1 aliphatic rings. The Balaban J connectivity index is 2.32. The Bertz CT molecular complexity index is 139. The average Bonchev–Trinajstić information content (AvgIpc) is 2.02. The maximum absolute atomic E-state index is 8.93. The molecule has 0 aromatic carbocycles. The monoisotopic (exact) mass is 185 g/mol. The summed E-state index contributed by atoms with van der Waals surface area (Å²) in [6.45, 7) is 6.95. The minimum Gasteiger partial charge on any atom is -0.395 e. The summed E-state index contributed by atoms with van der Waals surface area (Å²) in [6.07, 6.45) is 3.91. The van der Waals surface area contributed by atoms with E-state index in [1.165, 1.54) is 19.3 Å². The van der Waals surface area contributed by atoms with E-state index in [1.54, 1.807) is 0 Å². The van der Waals surface area contributed by atoms with E-state index in [4.69, 9.17) is 5.11 Å². The Labute approximate surface area is 81.7 Å². The molecule has 1 rings (SSSR count). The van der Waals surface area contributed by atoms with E-state index in [0.29, 0.717) is 6.04 Å². The van der Waals surface area contributed by atoms with Gasteiger partial charge in [-0.05, 0) is 38.0 Å². The van der Waals surface area contributed by atoms with E-state index in [0.717, 1.165) is 11.8 Å². The van der Waals surface area contributed by atoms with E-state index >= 15 is 0 Å². The Morgan fingerprint density at radius 1 is 1.23 bits per heavy atom. The number of hydrogen-bond acceptors (Lipinski definition) is 2. The van der Waals surface area contributed by atoms with Gasteiger partial charge in [0.05, 0.1) is 6.61 Å². The summed E-state index contributed by atoms with van der Waals surface area (Å²) in [5, 5.41) is 12.4. The number of rotatable bonds is 3. The number of aliphatic hydroxyl groups is 1. The van der Waals surface area contributed by atoms with E-state index in [9.17, 15) is 0 Å². The second-order valence-corrected chi connectivity index (χ2v) is 4.86. The standard InChI is InChI=1S/C11H23NO/c1-8-4-9(2)6-11(5-8)12-10(3)7-13/h8-13H,4-7H2,1-3H3/t8-,9+,10-,11?/m0/s1. The Hall–Kier alpha value is -0.0800. The first kappa shape index (κ1) is 11.0. The summed E-state index contributed by atoms with van der Waals surface area (Å²) in [6, 6.07) is 0.878. The van der Waals surface area contributed by atoms with Crippen molar-refractivity contribution in [3.63, 3.8) is 0 Å². The van der Waals surface area contributed by atoms with Gasteiger partial charge in [0.2, 0.25) is 0 Å². The summed E-state index contributed by atoms with van der Waals surface area (Å²) >= 11 is 0. The lowest BCUT2D eigenvalue weighted by molar-refractivity contribution is 0.192. The Morgan fingerprint density at radius 2 is 1.77 bits per heavy atom. The summed E-state index contributed by atoms with van der Waals surface area (Å²) < 4.78 is 0. The third-order valence-corrected chi connectivity index (χ3v) is 2.97. The van der Waals surface area contributed by atoms with Crippen molar-refractivity contribution in [1.29, 1.82) is 0 Å². The topological polar surface area (TPSA) is 32.3 Å². The lowest BCUT2D eigenvalue weighted by atomic mass is 9.80. The molecule has 0 aromatic rings. The van der Waals surface area contributed by atoms with Gasteiger partial charge >= 0.3 is 0 Å². The number of hydrogen-bond donors (Lipinski definition) is 2. The van der Waals surface area contributed by atoms with Crippen LogP contribution in [0.5, 0.6) is 0 Å². The van der Waals surface area contributed by atoms with Crippen LogP contribution in [-0.4, -0.2) is 23.8 Å². The molecule has 2 N–H and O–H groups in total. The minimum absolute atomic E-state index is 0.249. The molecule has 1 aliphatic carbocycles. The first-order chi connectivity index (χ1) is 6.11. The largest absolute Gasteiger partial charge is 0.395 e. The van der Waals surface area contributed by atoms with Crippen molar-refractivity contribution < 1.29 is 5.11 Å². The van der Waals surface area contributed by atoms with Gasteiger partial charge in [-0.25, -0.2) is 0 Å². The molecule has 78 valence electrons. The van der Waals surface area contributed by atoms with Gasteiger partial charge in [-0.2, -0.15) is 0 Å². The Kier molecular flexibility index (Phi) is 4.20. The van der Waals surface area contributed by atoms with Gasteiger partial charge in [0, 0.05) is 12.1 Å². The smallest absolute Gasteiger partial charge is 0.0582 e. The van der Waals surface area contributed by atoms with Crippen molar-refractivity contribution in [3.8, 4) is 0 Å². The zero-order valence-electron chi connectivity index (χ0n) is 9.09. The van der Waals surface area contributed by atoms with Gasteiger partial charge in [0.15, 0.2) is 0 Å². The molecule has 1 fully saturated rings. The van der Waals surface area contributed by atoms with Gasteiger partial charge in [0.1, 0.15) is 0 Å². The van der Waals surface area contributed by atoms with Crippen LogP contribution in [0.4, 0.5) is 0 Å². The van der Waals surface area contributed by atoms with E-state index < -0.39 is 0 Å². The lowest BCUT2D eigenvalue weighted by Gasteiger charge is -2.33. The average molecular weight is 185 g/mol. The van der Waals surface area contributed by atoms with Crippen molar-refractivity contribution >= 4 is 0 Å². The summed E-state index contributed by atoms with van der Waals surface area (Å²) in [4.78, 5) is 0. The molecule has 0 heterocycles. The molecule has 2 heteroatoms. The van der Waals surface area contributed by atoms with Gasteiger partial charge < -0.3 is 10.4 Å². The zero-order chi connectivity index (χ0) is 9.84. The van der Waals surface area contributed by atoms with Crippen LogP contribution < -0.4 is 5.32 Å². The highest BCUT2D eigenvalue weighted by atomic mass is 16.3. The van der Waals surface area contributed by atoms with Crippen molar-refractivity contribution in [2.75, 3.05) is 6.61 Å². The van der Waals surface area contributed by atoms with Crippen LogP contribution >= 0.6 is 0 Å². The molecular formula is C11H23NO. The molecule has 1 saturated carbocycles. The SMILES string of the molecule is C[C@@H]1CC(N[C@@H](C)CO)C[C@H](C)C1. The van der Waals surface area contributed by atoms with Crippen molar-refractivity contribution in [2.45, 2.75) is 52.1 Å². The first-order valence-corrected chi connectivity index (χ1v) is 5.48. The summed E-state index contributed by atoms with van der Waals surface area (Å²) in [7, 11) is 0. The number of nitrogens with one attached hydrogen (secondary N) is 1. The minimum atomic E-state index is 0.249. The van der Waals surface area contributed by atoms with Crippen LogP contribution in [0.15, 0.2) is 0 Å². The molecule has 0 spiro atoms. The molecule has 0 bridgehead atoms. The highest BCUT2D eigenvalue weighted by molar-refractivity contribution is 4.81. The molecule has 0 aliphatic heterocycles. The molecule has 2 nitrogen and oxygen atoms in total. The Morgan fingerprint density at radius 3 is 2.23 bits per heavy atom. The van der Waals surface area contributed by atoms with Crippen LogP contribution in [0.25, 0.3) is 0 Å². The maximum atomic E-state index is 8.93. The van der Waals surface area contributed by atoms with Gasteiger partial charge in [0.25, 0.3) is 0 Å². The van der Waals surface area contributed by atoms with Crippen LogP contribution in [-0.2, 0) is 0 Å². The molecule has 4 atom stereocenters. The molecule has 13 heavy (non-hydrogen) atoms. The fourth-order valence-corrected chi connectivity index (χ4v) is 2.54. The molecule has 0 aromatic heterocycles. The highest BCUT2D eigenvalue weighted by Gasteiger charge is 2.24. The second-order valence-electron chi connectivity index (χ2n) is 4.86. The van der Waals surface area contributed by atoms with Crippen LogP contribution in [0, 0.1) is 11.8 Å². The zero-order valence-corrected chi connectivity index (χ0v) is 9.09. The first-order valence-electron chi connectivity index (χ1n) is 5.48. The van der Waals surface area contributed by atoms with Crippen LogP contribution in [0.3, 0.4) is 0 Å². The maximum Gasteiger partial charge on any atom is 0.0582 e. The molecule has 0 radical (unpaired) electrons.